The second kappa shape index (κ2) is 9.97. The molecule has 4 unspecified atom stereocenters. The molecule has 4 N–H and O–H groups in total. The molecule has 2 saturated carbocycles. The predicted octanol–water partition coefficient (Wildman–Crippen LogP) is 3.71. The smallest absolute Gasteiger partial charge is 0.00708 e. The number of piperidine rings is 3. The minimum absolute atomic E-state index is 0.911. The minimum Gasteiger partial charge on any atom is -0.314 e. The van der Waals surface area contributed by atoms with Gasteiger partial charge in [0, 0.05) is 36.3 Å². The SMILES string of the molecule is C1CC2CC1CN2.C1CC2CCC(C1)N2.C1CC2CCC1N2.C1C[C@@H]2C[C@H]1CN2. The topological polar surface area (TPSA) is 48.1 Å². The Bertz CT molecular complexity index is 391. The summed E-state index contributed by atoms with van der Waals surface area (Å²) in [5.74, 6) is 2.12. The van der Waals surface area contributed by atoms with E-state index >= 15 is 0 Å². The molecule has 8 bridgehead atoms. The fourth-order valence-electron chi connectivity index (χ4n) is 7.29. The third kappa shape index (κ3) is 5.75. The molecule has 4 heteroatoms. The largest absolute Gasteiger partial charge is 0.314 e. The molecule has 8 aliphatic rings. The Hall–Kier alpha value is -0.160. The highest BCUT2D eigenvalue weighted by molar-refractivity contribution is 4.91. The molecule has 0 spiro atoms. The van der Waals surface area contributed by atoms with Crippen LogP contribution in [0.5, 0.6) is 0 Å². The van der Waals surface area contributed by atoms with Crippen LogP contribution in [0.15, 0.2) is 0 Å². The minimum atomic E-state index is 0.911. The van der Waals surface area contributed by atoms with Gasteiger partial charge in [-0.2, -0.15) is 0 Å². The van der Waals surface area contributed by atoms with Gasteiger partial charge < -0.3 is 21.3 Å². The number of rotatable bonds is 0. The first kappa shape index (κ1) is 20.7. The molecule has 8 fully saturated rings. The van der Waals surface area contributed by atoms with Gasteiger partial charge in [-0.1, -0.05) is 6.42 Å². The lowest BCUT2D eigenvalue weighted by molar-refractivity contribution is 0.406. The van der Waals surface area contributed by atoms with Gasteiger partial charge in [0.2, 0.25) is 0 Å². The van der Waals surface area contributed by atoms with E-state index in [1.54, 1.807) is 0 Å². The van der Waals surface area contributed by atoms with Crippen LogP contribution in [0.1, 0.15) is 96.3 Å². The van der Waals surface area contributed by atoms with E-state index < -0.39 is 0 Å². The first-order chi connectivity index (χ1) is 14.3. The third-order valence-electron chi connectivity index (χ3n) is 9.11. The zero-order chi connectivity index (χ0) is 19.5. The van der Waals surface area contributed by atoms with Gasteiger partial charge in [0.1, 0.15) is 0 Å². The van der Waals surface area contributed by atoms with Crippen molar-refractivity contribution < 1.29 is 0 Å². The number of hydrogen-bond donors (Lipinski definition) is 4. The van der Waals surface area contributed by atoms with E-state index in [1.807, 2.05) is 0 Å². The van der Waals surface area contributed by atoms with Gasteiger partial charge in [-0.3, -0.25) is 0 Å². The third-order valence-corrected chi connectivity index (χ3v) is 9.11. The predicted molar refractivity (Wildman–Crippen MR) is 121 cm³/mol. The van der Waals surface area contributed by atoms with Gasteiger partial charge in [0.15, 0.2) is 0 Å². The first-order valence-corrected chi connectivity index (χ1v) is 13.3. The summed E-state index contributed by atoms with van der Waals surface area (Å²) in [6, 6.07) is 5.51. The average molecular weight is 403 g/mol. The Morgan fingerprint density at radius 1 is 0.379 bits per heavy atom. The fraction of sp³-hybridized carbons (Fsp3) is 1.00. The Balaban J connectivity index is 0.0000000836. The molecule has 6 atom stereocenters. The summed E-state index contributed by atoms with van der Waals surface area (Å²) >= 11 is 0. The van der Waals surface area contributed by atoms with E-state index in [9.17, 15) is 0 Å². The summed E-state index contributed by atoms with van der Waals surface area (Å²) in [5.41, 5.74) is 0. The van der Waals surface area contributed by atoms with Crippen LogP contribution in [0.4, 0.5) is 0 Å². The molecule has 29 heavy (non-hydrogen) atoms. The summed E-state index contributed by atoms with van der Waals surface area (Å²) in [4.78, 5) is 0. The standard InChI is InChI=1S/C7H13N.3C6H11N/c1-2-6-4-5-7(3-1)8-6;2*1-2-6-3-5(1)4-7-6;1-2-6-4-3-5(1)7-6/h6-8H,1-5H2;3*5-7H,1-4H2/t;5-,6+;;/m.0../s1. The van der Waals surface area contributed by atoms with E-state index in [0.717, 1.165) is 48.1 Å². The normalized spacial score (nSPS) is 47.2. The zero-order valence-corrected chi connectivity index (χ0v) is 18.6. The van der Waals surface area contributed by atoms with Gasteiger partial charge in [0.05, 0.1) is 0 Å². The Labute approximate surface area is 179 Å². The van der Waals surface area contributed by atoms with Gasteiger partial charge in [-0.05, 0) is 115 Å². The fourth-order valence-corrected chi connectivity index (χ4v) is 7.29. The zero-order valence-electron chi connectivity index (χ0n) is 18.6. The summed E-state index contributed by atoms with van der Waals surface area (Å²) in [5, 5.41) is 14.0. The molecule has 4 nitrogen and oxygen atoms in total. The molecule has 6 aliphatic heterocycles. The van der Waals surface area contributed by atoms with Crippen LogP contribution < -0.4 is 21.3 Å². The summed E-state index contributed by atoms with van der Waals surface area (Å²) in [6.07, 6.45) is 21.9. The van der Waals surface area contributed by atoms with Crippen LogP contribution in [0.3, 0.4) is 0 Å². The Morgan fingerprint density at radius 2 is 0.759 bits per heavy atom. The second-order valence-electron chi connectivity index (χ2n) is 11.4. The molecule has 0 amide bonds. The first-order valence-electron chi connectivity index (χ1n) is 13.3. The van der Waals surface area contributed by atoms with Crippen molar-refractivity contribution >= 4 is 0 Å². The van der Waals surface area contributed by atoms with E-state index in [0.29, 0.717) is 0 Å². The second-order valence-corrected chi connectivity index (χ2v) is 11.4. The highest BCUT2D eigenvalue weighted by Gasteiger charge is 2.31. The maximum absolute atomic E-state index is 3.59. The van der Waals surface area contributed by atoms with Crippen LogP contribution in [-0.2, 0) is 0 Å². The van der Waals surface area contributed by atoms with Gasteiger partial charge >= 0.3 is 0 Å². The van der Waals surface area contributed by atoms with Crippen LogP contribution in [0.25, 0.3) is 0 Å². The molecular weight excluding hydrogens is 356 g/mol. The lowest BCUT2D eigenvalue weighted by Crippen LogP contribution is -2.33. The molecule has 6 heterocycles. The molecule has 166 valence electrons. The van der Waals surface area contributed by atoms with Gasteiger partial charge in [0.25, 0.3) is 0 Å². The number of nitrogens with one attached hydrogen (secondary N) is 4. The van der Waals surface area contributed by atoms with Crippen molar-refractivity contribution in [1.82, 2.24) is 21.3 Å². The highest BCUT2D eigenvalue weighted by Crippen LogP contribution is 2.31. The highest BCUT2D eigenvalue weighted by atomic mass is 15.0. The van der Waals surface area contributed by atoms with Crippen molar-refractivity contribution in [2.45, 2.75) is 133 Å². The molecule has 0 aromatic carbocycles. The molecule has 2 aliphatic carbocycles. The summed E-state index contributed by atoms with van der Waals surface area (Å²) in [6.45, 7) is 2.62. The Morgan fingerprint density at radius 3 is 0.931 bits per heavy atom. The monoisotopic (exact) mass is 402 g/mol. The molecular formula is C25H46N4. The number of fused-ring (bicyclic) bond motifs is 8. The van der Waals surface area contributed by atoms with Crippen LogP contribution in [-0.4, -0.2) is 49.3 Å². The van der Waals surface area contributed by atoms with Crippen LogP contribution >= 0.6 is 0 Å². The number of hydrogen-bond acceptors (Lipinski definition) is 4. The molecule has 0 aromatic rings. The van der Waals surface area contributed by atoms with Crippen molar-refractivity contribution in [2.75, 3.05) is 13.1 Å². The van der Waals surface area contributed by atoms with E-state index in [-0.39, 0.29) is 0 Å². The van der Waals surface area contributed by atoms with Crippen molar-refractivity contribution in [3.8, 4) is 0 Å². The van der Waals surface area contributed by atoms with E-state index in [2.05, 4.69) is 21.3 Å². The molecule has 6 saturated heterocycles. The van der Waals surface area contributed by atoms with Gasteiger partial charge in [-0.25, -0.2) is 0 Å². The molecule has 0 radical (unpaired) electrons. The Kier molecular flexibility index (Phi) is 7.13. The average Bonchev–Trinajstić information content (AvgIpc) is 3.63. The quantitative estimate of drug-likeness (QED) is 0.499. The van der Waals surface area contributed by atoms with Crippen LogP contribution in [0.2, 0.25) is 0 Å². The van der Waals surface area contributed by atoms with Crippen molar-refractivity contribution in [3.63, 3.8) is 0 Å². The van der Waals surface area contributed by atoms with Crippen molar-refractivity contribution in [1.29, 1.82) is 0 Å². The lowest BCUT2D eigenvalue weighted by Gasteiger charge is -2.19. The summed E-state index contributed by atoms with van der Waals surface area (Å²) < 4.78 is 0. The van der Waals surface area contributed by atoms with E-state index in [4.69, 9.17) is 0 Å². The molecule has 0 aromatic heterocycles. The maximum atomic E-state index is 3.59. The molecule has 8 rings (SSSR count). The van der Waals surface area contributed by atoms with Crippen LogP contribution in [0, 0.1) is 11.8 Å². The van der Waals surface area contributed by atoms with Crippen molar-refractivity contribution in [2.24, 2.45) is 11.8 Å². The summed E-state index contributed by atoms with van der Waals surface area (Å²) in [7, 11) is 0. The van der Waals surface area contributed by atoms with Gasteiger partial charge in [-0.15, -0.1) is 0 Å². The maximum Gasteiger partial charge on any atom is 0.00708 e. The van der Waals surface area contributed by atoms with E-state index in [1.165, 1.54) is 109 Å². The lowest BCUT2D eigenvalue weighted by atomic mass is 10.0. The van der Waals surface area contributed by atoms with Crippen molar-refractivity contribution in [3.05, 3.63) is 0 Å².